The molecule has 1 aromatic heterocycles. The van der Waals surface area contributed by atoms with Crippen LogP contribution < -0.4 is 0 Å². The van der Waals surface area contributed by atoms with E-state index < -0.39 is 0 Å². The third-order valence-electron chi connectivity index (χ3n) is 2.59. The fourth-order valence-corrected chi connectivity index (χ4v) is 2.55. The van der Waals surface area contributed by atoms with E-state index in [9.17, 15) is 0 Å². The highest BCUT2D eigenvalue weighted by Gasteiger charge is 2.12. The lowest BCUT2D eigenvalue weighted by Crippen LogP contribution is -1.83. The molecule has 1 aliphatic rings. The molecule has 15 heavy (non-hydrogen) atoms. The average molecular weight is 217 g/mol. The van der Waals surface area contributed by atoms with Crippen molar-refractivity contribution in [3.8, 4) is 10.6 Å². The minimum Gasteiger partial charge on any atom is -0.372 e. The molecule has 2 nitrogen and oxygen atoms in total. The van der Waals surface area contributed by atoms with Crippen LogP contribution in [0.15, 0.2) is 24.4 Å². The van der Waals surface area contributed by atoms with Crippen molar-refractivity contribution in [1.29, 1.82) is 0 Å². The van der Waals surface area contributed by atoms with Crippen molar-refractivity contribution in [1.82, 2.24) is 4.98 Å². The summed E-state index contributed by atoms with van der Waals surface area (Å²) in [5.41, 5.74) is 3.82. The second kappa shape index (κ2) is 3.43. The van der Waals surface area contributed by atoms with Gasteiger partial charge in [-0.15, -0.1) is 11.3 Å². The normalized spacial score (nSPS) is 14.2. The largest absolute Gasteiger partial charge is 0.372 e. The van der Waals surface area contributed by atoms with E-state index in [-0.39, 0.29) is 0 Å². The summed E-state index contributed by atoms with van der Waals surface area (Å²) in [7, 11) is 0. The first-order valence-corrected chi connectivity index (χ1v) is 5.77. The van der Waals surface area contributed by atoms with Crippen molar-refractivity contribution in [2.24, 2.45) is 0 Å². The molecule has 3 heteroatoms. The standard InChI is InChI=1S/C12H11NOS/c1-8-5-13-12(15-8)9-2-3-10-6-14-7-11(10)4-9/h2-5H,6-7H2,1H3. The predicted octanol–water partition coefficient (Wildman–Crippen LogP) is 3.15. The molecule has 0 atom stereocenters. The van der Waals surface area contributed by atoms with Gasteiger partial charge in [-0.3, -0.25) is 0 Å². The maximum Gasteiger partial charge on any atom is 0.123 e. The van der Waals surface area contributed by atoms with Crippen LogP contribution >= 0.6 is 11.3 Å². The molecule has 0 aliphatic carbocycles. The summed E-state index contributed by atoms with van der Waals surface area (Å²) in [5, 5.41) is 1.10. The number of hydrogen-bond donors (Lipinski definition) is 0. The monoisotopic (exact) mass is 217 g/mol. The number of aryl methyl sites for hydroxylation is 1. The van der Waals surface area contributed by atoms with Gasteiger partial charge in [-0.2, -0.15) is 0 Å². The Hall–Kier alpha value is -1.19. The fourth-order valence-electron chi connectivity index (χ4n) is 1.79. The molecule has 0 spiro atoms. The second-order valence-electron chi connectivity index (χ2n) is 3.75. The van der Waals surface area contributed by atoms with Crippen molar-refractivity contribution >= 4 is 11.3 Å². The predicted molar refractivity (Wildman–Crippen MR) is 60.8 cm³/mol. The molecule has 1 aromatic carbocycles. The highest BCUT2D eigenvalue weighted by Crippen LogP contribution is 2.29. The van der Waals surface area contributed by atoms with Gasteiger partial charge in [0.15, 0.2) is 0 Å². The van der Waals surface area contributed by atoms with Gasteiger partial charge < -0.3 is 4.74 Å². The smallest absolute Gasteiger partial charge is 0.123 e. The van der Waals surface area contributed by atoms with Gasteiger partial charge >= 0.3 is 0 Å². The SMILES string of the molecule is Cc1cnc(-c2ccc3c(c2)COC3)s1. The number of hydrogen-bond acceptors (Lipinski definition) is 3. The quantitative estimate of drug-likeness (QED) is 0.732. The van der Waals surface area contributed by atoms with Crippen molar-refractivity contribution in [2.75, 3.05) is 0 Å². The number of rotatable bonds is 1. The van der Waals surface area contributed by atoms with Crippen LogP contribution in [0.2, 0.25) is 0 Å². The maximum atomic E-state index is 5.39. The Kier molecular flexibility index (Phi) is 2.08. The Labute approximate surface area is 92.6 Å². The average Bonchev–Trinajstić information content (AvgIpc) is 2.84. The zero-order chi connectivity index (χ0) is 10.3. The van der Waals surface area contributed by atoms with Crippen LogP contribution in [0, 0.1) is 6.92 Å². The lowest BCUT2D eigenvalue weighted by molar-refractivity contribution is 0.134. The Morgan fingerprint density at radius 3 is 2.93 bits per heavy atom. The molecule has 2 heterocycles. The van der Waals surface area contributed by atoms with E-state index in [0.29, 0.717) is 0 Å². The number of aromatic nitrogens is 1. The Bertz CT molecular complexity index is 504. The summed E-state index contributed by atoms with van der Waals surface area (Å²) in [5.74, 6) is 0. The van der Waals surface area contributed by atoms with Gasteiger partial charge in [0.05, 0.1) is 13.2 Å². The molecule has 0 amide bonds. The van der Waals surface area contributed by atoms with Gasteiger partial charge in [0.2, 0.25) is 0 Å². The van der Waals surface area contributed by atoms with Gasteiger partial charge in [0, 0.05) is 16.6 Å². The van der Waals surface area contributed by atoms with Crippen LogP contribution in [0.25, 0.3) is 10.6 Å². The number of benzene rings is 1. The fraction of sp³-hybridized carbons (Fsp3) is 0.250. The van der Waals surface area contributed by atoms with Gasteiger partial charge in [-0.05, 0) is 24.1 Å². The molecule has 0 saturated carbocycles. The van der Waals surface area contributed by atoms with Crippen molar-refractivity contribution in [3.63, 3.8) is 0 Å². The third kappa shape index (κ3) is 1.58. The van der Waals surface area contributed by atoms with Crippen LogP contribution in [-0.4, -0.2) is 4.98 Å². The molecule has 0 radical (unpaired) electrons. The number of thiazole rings is 1. The minimum absolute atomic E-state index is 0.744. The summed E-state index contributed by atoms with van der Waals surface area (Å²) in [6.45, 7) is 3.58. The van der Waals surface area contributed by atoms with Crippen molar-refractivity contribution in [2.45, 2.75) is 20.1 Å². The van der Waals surface area contributed by atoms with Crippen molar-refractivity contribution < 1.29 is 4.74 Å². The lowest BCUT2D eigenvalue weighted by Gasteiger charge is -1.99. The molecule has 76 valence electrons. The first kappa shape index (κ1) is 9.07. The summed E-state index contributed by atoms with van der Waals surface area (Å²) < 4.78 is 5.39. The third-order valence-corrected chi connectivity index (χ3v) is 3.55. The molecular formula is C12H11NOS. The summed E-state index contributed by atoms with van der Waals surface area (Å²) in [6.07, 6.45) is 1.92. The molecular weight excluding hydrogens is 206 g/mol. The van der Waals surface area contributed by atoms with Gasteiger partial charge in [-0.1, -0.05) is 12.1 Å². The molecule has 1 aliphatic heterocycles. The number of fused-ring (bicyclic) bond motifs is 1. The molecule has 2 aromatic rings. The highest BCUT2D eigenvalue weighted by atomic mass is 32.1. The second-order valence-corrected chi connectivity index (χ2v) is 4.99. The van der Waals surface area contributed by atoms with Gasteiger partial charge in [0.1, 0.15) is 5.01 Å². The zero-order valence-electron chi connectivity index (χ0n) is 8.49. The summed E-state index contributed by atoms with van der Waals surface area (Å²) in [4.78, 5) is 5.64. The van der Waals surface area contributed by atoms with E-state index >= 15 is 0 Å². The maximum absolute atomic E-state index is 5.39. The summed E-state index contributed by atoms with van der Waals surface area (Å²) in [6, 6.07) is 6.47. The Morgan fingerprint density at radius 2 is 2.13 bits per heavy atom. The first-order chi connectivity index (χ1) is 7.33. The van der Waals surface area contributed by atoms with Crippen LogP contribution in [0.1, 0.15) is 16.0 Å². The van der Waals surface area contributed by atoms with Crippen LogP contribution in [0.3, 0.4) is 0 Å². The van der Waals surface area contributed by atoms with Crippen molar-refractivity contribution in [3.05, 3.63) is 40.4 Å². The highest BCUT2D eigenvalue weighted by molar-refractivity contribution is 7.14. The number of ether oxygens (including phenoxy) is 1. The Balaban J connectivity index is 2.06. The van der Waals surface area contributed by atoms with E-state index in [2.05, 4.69) is 30.1 Å². The zero-order valence-corrected chi connectivity index (χ0v) is 9.30. The van der Waals surface area contributed by atoms with Crippen LogP contribution in [0.4, 0.5) is 0 Å². The first-order valence-electron chi connectivity index (χ1n) is 4.95. The van der Waals surface area contributed by atoms with E-state index in [0.717, 1.165) is 18.2 Å². The summed E-state index contributed by atoms with van der Waals surface area (Å²) >= 11 is 1.73. The van der Waals surface area contributed by atoms with Gasteiger partial charge in [-0.25, -0.2) is 4.98 Å². The number of nitrogens with zero attached hydrogens (tertiary/aromatic N) is 1. The molecule has 0 N–H and O–H groups in total. The molecule has 0 unspecified atom stereocenters. The molecule has 3 rings (SSSR count). The van der Waals surface area contributed by atoms with E-state index in [1.54, 1.807) is 11.3 Å². The minimum atomic E-state index is 0.744. The van der Waals surface area contributed by atoms with Crippen LogP contribution in [-0.2, 0) is 18.0 Å². The molecule has 0 saturated heterocycles. The van der Waals surface area contributed by atoms with Crippen LogP contribution in [0.5, 0.6) is 0 Å². The van der Waals surface area contributed by atoms with E-state index in [4.69, 9.17) is 4.74 Å². The molecule has 0 bridgehead atoms. The molecule has 0 fully saturated rings. The Morgan fingerprint density at radius 1 is 1.27 bits per heavy atom. The van der Waals surface area contributed by atoms with Gasteiger partial charge in [0.25, 0.3) is 0 Å². The topological polar surface area (TPSA) is 22.1 Å². The van der Waals surface area contributed by atoms with E-state index in [1.807, 2.05) is 6.20 Å². The van der Waals surface area contributed by atoms with E-state index in [1.165, 1.54) is 21.6 Å². The lowest BCUT2D eigenvalue weighted by atomic mass is 10.1.